The lowest BCUT2D eigenvalue weighted by molar-refractivity contribution is 0.00578. The molecule has 1 saturated heterocycles. The second kappa shape index (κ2) is 5.23. The molecule has 1 aliphatic heterocycles. The van der Waals surface area contributed by atoms with Crippen molar-refractivity contribution in [2.45, 2.75) is 38.9 Å². The maximum absolute atomic E-state index is 6.06. The second-order valence-electron chi connectivity index (χ2n) is 6.70. The molecule has 1 fully saturated rings. The number of aromatic amines is 1. The topological polar surface area (TPSA) is 73.2 Å². The highest BCUT2D eigenvalue weighted by atomic mass is 16.7. The summed E-state index contributed by atoms with van der Waals surface area (Å²) >= 11 is 0. The van der Waals surface area contributed by atoms with Gasteiger partial charge in [0.1, 0.15) is 5.65 Å². The number of nitrogens with zero attached hydrogens (tertiary/aromatic N) is 1. The number of nitrogens with one attached hydrogen (secondary N) is 1. The molecule has 2 aromatic rings. The highest BCUT2D eigenvalue weighted by Gasteiger charge is 2.52. The molecule has 3 rings (SSSR count). The van der Waals surface area contributed by atoms with Crippen LogP contribution in [-0.2, 0) is 9.31 Å². The Labute approximate surface area is 131 Å². The van der Waals surface area contributed by atoms with E-state index in [1.807, 2.05) is 52.2 Å². The van der Waals surface area contributed by atoms with E-state index in [1.54, 1.807) is 0 Å². The zero-order valence-corrected chi connectivity index (χ0v) is 13.5. The Morgan fingerprint density at radius 1 is 1.32 bits per heavy atom. The number of fused-ring (bicyclic) bond motifs is 1. The molecule has 22 heavy (non-hydrogen) atoms. The van der Waals surface area contributed by atoms with Crippen LogP contribution < -0.4 is 5.73 Å². The van der Waals surface area contributed by atoms with Gasteiger partial charge in [-0.2, -0.15) is 0 Å². The van der Waals surface area contributed by atoms with Crippen LogP contribution in [0.1, 0.15) is 33.3 Å². The molecule has 0 spiro atoms. The predicted molar refractivity (Wildman–Crippen MR) is 89.2 cm³/mol. The molecular formula is C16H22BN3O2. The van der Waals surface area contributed by atoms with Gasteiger partial charge in [-0.15, -0.1) is 0 Å². The van der Waals surface area contributed by atoms with Crippen LogP contribution in [0.15, 0.2) is 30.0 Å². The van der Waals surface area contributed by atoms with Gasteiger partial charge in [-0.1, -0.05) is 6.08 Å². The van der Waals surface area contributed by atoms with Gasteiger partial charge < -0.3 is 20.0 Å². The molecule has 0 aromatic carbocycles. The van der Waals surface area contributed by atoms with Crippen molar-refractivity contribution in [1.29, 1.82) is 0 Å². The molecule has 0 aliphatic carbocycles. The zero-order valence-electron chi connectivity index (χ0n) is 13.5. The third-order valence-electron chi connectivity index (χ3n) is 4.57. The second-order valence-corrected chi connectivity index (χ2v) is 6.70. The average Bonchev–Trinajstić information content (AvgIpc) is 2.98. The quantitative estimate of drug-likeness (QED) is 0.854. The zero-order chi connectivity index (χ0) is 16.0. The molecular weight excluding hydrogens is 277 g/mol. The van der Waals surface area contributed by atoms with E-state index in [0.717, 1.165) is 22.1 Å². The number of H-pyrrole nitrogens is 1. The fourth-order valence-electron chi connectivity index (χ4n) is 2.47. The maximum Gasteiger partial charge on any atom is 0.491 e. The molecule has 116 valence electrons. The van der Waals surface area contributed by atoms with Crippen molar-refractivity contribution in [3.63, 3.8) is 0 Å². The van der Waals surface area contributed by atoms with E-state index in [0.29, 0.717) is 6.54 Å². The minimum atomic E-state index is -0.420. The van der Waals surface area contributed by atoms with Gasteiger partial charge >= 0.3 is 7.12 Å². The lowest BCUT2D eigenvalue weighted by Gasteiger charge is -2.32. The average molecular weight is 299 g/mol. The molecule has 0 saturated carbocycles. The first-order valence-corrected chi connectivity index (χ1v) is 7.52. The number of rotatable bonds is 3. The van der Waals surface area contributed by atoms with Gasteiger partial charge in [0.05, 0.1) is 11.2 Å². The summed E-state index contributed by atoms with van der Waals surface area (Å²) in [5.74, 6) is 0. The van der Waals surface area contributed by atoms with Gasteiger partial charge in [0.25, 0.3) is 0 Å². The highest BCUT2D eigenvalue weighted by Crippen LogP contribution is 2.38. The van der Waals surface area contributed by atoms with Gasteiger partial charge in [0.2, 0.25) is 0 Å². The lowest BCUT2D eigenvalue weighted by Crippen LogP contribution is -2.41. The first kappa shape index (κ1) is 15.3. The Kier molecular flexibility index (Phi) is 3.63. The Balaban J connectivity index is 1.90. The monoisotopic (exact) mass is 299 g/mol. The summed E-state index contributed by atoms with van der Waals surface area (Å²) in [6.07, 6.45) is 5.70. The molecule has 3 N–H and O–H groups in total. The Bertz CT molecular complexity index is 705. The first-order chi connectivity index (χ1) is 10.3. The normalized spacial score (nSPS) is 20.8. The predicted octanol–water partition coefficient (Wildman–Crippen LogP) is 2.54. The minimum absolute atomic E-state index is 0.366. The Hall–Kier alpha value is -1.63. The summed E-state index contributed by atoms with van der Waals surface area (Å²) < 4.78 is 12.1. The maximum atomic E-state index is 6.06. The van der Waals surface area contributed by atoms with E-state index in [2.05, 4.69) is 16.0 Å². The van der Waals surface area contributed by atoms with Crippen molar-refractivity contribution in [3.05, 3.63) is 35.6 Å². The molecule has 3 heterocycles. The molecule has 0 amide bonds. The summed E-state index contributed by atoms with van der Waals surface area (Å²) in [4.78, 5) is 7.47. The summed E-state index contributed by atoms with van der Waals surface area (Å²) in [5, 5.41) is 1.07. The molecule has 6 heteroatoms. The third kappa shape index (κ3) is 2.58. The van der Waals surface area contributed by atoms with Gasteiger partial charge in [-0.3, -0.25) is 0 Å². The standard InChI is InChI=1S/C16H22BN3O2/c1-15(2)16(3,4)22-17(21-15)13(9-18)8-11-7-12-5-6-19-14(12)20-10-11/h5-8,10H,9,18H2,1-4H3,(H,19,20). The smallest absolute Gasteiger partial charge is 0.400 e. The van der Waals surface area contributed by atoms with Crippen molar-refractivity contribution < 1.29 is 9.31 Å². The Morgan fingerprint density at radius 3 is 2.64 bits per heavy atom. The van der Waals surface area contributed by atoms with E-state index in [-0.39, 0.29) is 11.2 Å². The molecule has 0 radical (unpaired) electrons. The van der Waals surface area contributed by atoms with Gasteiger partial charge in [-0.25, -0.2) is 4.98 Å². The van der Waals surface area contributed by atoms with E-state index in [9.17, 15) is 0 Å². The van der Waals surface area contributed by atoms with Crippen LogP contribution >= 0.6 is 0 Å². The van der Waals surface area contributed by atoms with E-state index < -0.39 is 7.12 Å². The van der Waals surface area contributed by atoms with Crippen LogP contribution in [0.3, 0.4) is 0 Å². The van der Waals surface area contributed by atoms with Crippen LogP contribution in [-0.4, -0.2) is 34.8 Å². The SMILES string of the molecule is CC1(C)OB(C(=Cc2cnc3[nH]ccc3c2)CN)OC1(C)C. The molecule has 0 unspecified atom stereocenters. The van der Waals surface area contributed by atoms with Crippen molar-refractivity contribution in [3.8, 4) is 0 Å². The van der Waals surface area contributed by atoms with Crippen LogP contribution in [0, 0.1) is 0 Å². The highest BCUT2D eigenvalue weighted by molar-refractivity contribution is 6.55. The first-order valence-electron chi connectivity index (χ1n) is 7.52. The third-order valence-corrected chi connectivity index (χ3v) is 4.57. The van der Waals surface area contributed by atoms with Crippen LogP contribution in [0.4, 0.5) is 0 Å². The molecule has 5 nitrogen and oxygen atoms in total. The van der Waals surface area contributed by atoms with Gasteiger partial charge in [0, 0.05) is 24.3 Å². The van der Waals surface area contributed by atoms with Crippen LogP contribution in [0.2, 0.25) is 0 Å². The van der Waals surface area contributed by atoms with E-state index >= 15 is 0 Å². The van der Waals surface area contributed by atoms with Crippen molar-refractivity contribution in [1.82, 2.24) is 9.97 Å². The van der Waals surface area contributed by atoms with Crippen LogP contribution in [0.5, 0.6) is 0 Å². The van der Waals surface area contributed by atoms with Crippen molar-refractivity contribution in [2.75, 3.05) is 6.54 Å². The fourth-order valence-corrected chi connectivity index (χ4v) is 2.47. The number of aromatic nitrogens is 2. The summed E-state index contributed by atoms with van der Waals surface area (Å²) in [5.41, 5.74) is 7.96. The van der Waals surface area contributed by atoms with E-state index in [4.69, 9.17) is 15.0 Å². The van der Waals surface area contributed by atoms with Crippen LogP contribution in [0.25, 0.3) is 17.1 Å². The molecule has 2 aromatic heterocycles. The largest absolute Gasteiger partial charge is 0.491 e. The molecule has 0 atom stereocenters. The molecule has 0 bridgehead atoms. The number of hydrogen-bond donors (Lipinski definition) is 2. The fraction of sp³-hybridized carbons (Fsp3) is 0.438. The summed E-state index contributed by atoms with van der Waals surface area (Å²) in [6, 6.07) is 4.07. The van der Waals surface area contributed by atoms with Crippen molar-refractivity contribution >= 4 is 24.2 Å². The Morgan fingerprint density at radius 2 is 2.00 bits per heavy atom. The number of hydrogen-bond acceptors (Lipinski definition) is 4. The van der Waals surface area contributed by atoms with Gasteiger partial charge in [-0.05, 0) is 50.9 Å². The summed E-state index contributed by atoms with van der Waals surface area (Å²) in [7, 11) is -0.420. The lowest BCUT2D eigenvalue weighted by atomic mass is 9.77. The summed E-state index contributed by atoms with van der Waals surface area (Å²) in [6.45, 7) is 8.52. The van der Waals surface area contributed by atoms with E-state index in [1.165, 1.54) is 0 Å². The number of nitrogens with two attached hydrogens (primary N) is 1. The molecule has 1 aliphatic rings. The van der Waals surface area contributed by atoms with Crippen molar-refractivity contribution in [2.24, 2.45) is 5.73 Å². The number of pyridine rings is 1. The minimum Gasteiger partial charge on any atom is -0.400 e. The van der Waals surface area contributed by atoms with Gasteiger partial charge in [0.15, 0.2) is 0 Å².